The monoisotopic (exact) mass is 329 g/mol. The maximum atomic E-state index is 11.3. The van der Waals surface area contributed by atoms with Crippen molar-refractivity contribution in [3.63, 3.8) is 0 Å². The molecule has 0 heterocycles. The summed E-state index contributed by atoms with van der Waals surface area (Å²) in [5.74, 6) is 0. The summed E-state index contributed by atoms with van der Waals surface area (Å²) in [6, 6.07) is 8.63. The van der Waals surface area contributed by atoms with Crippen LogP contribution < -0.4 is 5.73 Å². The standard InChI is InChI=1S/C12H11NO6S2/c13-9-3-6-12(21(17,18)19)11(7-9)8-1-4-10(5-2-8)20(14,15)16/h1-7H,13H2,(H,14,15,16)(H,17,18,19). The summed E-state index contributed by atoms with van der Waals surface area (Å²) < 4.78 is 62.7. The first-order valence-electron chi connectivity index (χ1n) is 5.54. The molecule has 0 radical (unpaired) electrons. The van der Waals surface area contributed by atoms with Crippen LogP contribution in [0.5, 0.6) is 0 Å². The first-order valence-corrected chi connectivity index (χ1v) is 8.42. The molecule has 0 saturated carbocycles. The van der Waals surface area contributed by atoms with Crippen molar-refractivity contribution in [3.05, 3.63) is 42.5 Å². The van der Waals surface area contributed by atoms with Crippen molar-refractivity contribution in [1.82, 2.24) is 0 Å². The lowest BCUT2D eigenvalue weighted by Gasteiger charge is -2.09. The molecule has 112 valence electrons. The molecule has 0 bridgehead atoms. The van der Waals surface area contributed by atoms with Crippen molar-refractivity contribution in [3.8, 4) is 11.1 Å². The third-order valence-corrected chi connectivity index (χ3v) is 4.52. The van der Waals surface area contributed by atoms with Crippen LogP contribution in [0.1, 0.15) is 0 Å². The number of rotatable bonds is 3. The van der Waals surface area contributed by atoms with Gasteiger partial charge >= 0.3 is 0 Å². The van der Waals surface area contributed by atoms with Gasteiger partial charge in [-0.2, -0.15) is 16.8 Å². The Morgan fingerprint density at radius 2 is 1.38 bits per heavy atom. The maximum absolute atomic E-state index is 11.3. The minimum absolute atomic E-state index is 0.124. The van der Waals surface area contributed by atoms with E-state index < -0.39 is 20.2 Å². The average Bonchev–Trinajstić information content (AvgIpc) is 2.36. The molecule has 2 rings (SSSR count). The summed E-state index contributed by atoms with van der Waals surface area (Å²) in [5.41, 5.74) is 6.32. The van der Waals surface area contributed by atoms with Crippen molar-refractivity contribution >= 4 is 25.9 Å². The number of benzene rings is 2. The normalized spacial score (nSPS) is 12.3. The molecule has 0 amide bonds. The van der Waals surface area contributed by atoms with E-state index in [4.69, 9.17) is 10.3 Å². The fourth-order valence-corrected chi connectivity index (χ4v) is 2.98. The highest BCUT2D eigenvalue weighted by Gasteiger charge is 2.17. The Morgan fingerprint density at radius 3 is 1.86 bits per heavy atom. The molecule has 0 aliphatic carbocycles. The highest BCUT2D eigenvalue weighted by atomic mass is 32.2. The fourth-order valence-electron chi connectivity index (χ4n) is 1.80. The maximum Gasteiger partial charge on any atom is 0.295 e. The van der Waals surface area contributed by atoms with E-state index in [0.29, 0.717) is 5.56 Å². The van der Waals surface area contributed by atoms with Crippen LogP contribution in [0.25, 0.3) is 11.1 Å². The summed E-state index contributed by atoms with van der Waals surface area (Å²) in [5, 5.41) is 0. The first kappa shape index (κ1) is 15.4. The average molecular weight is 329 g/mol. The third-order valence-electron chi connectivity index (χ3n) is 2.74. The minimum atomic E-state index is -4.46. The molecule has 0 atom stereocenters. The summed E-state index contributed by atoms with van der Waals surface area (Å²) in [6.45, 7) is 0. The number of hydrogen-bond acceptors (Lipinski definition) is 5. The van der Waals surface area contributed by atoms with Gasteiger partial charge in [0, 0.05) is 11.3 Å². The van der Waals surface area contributed by atoms with Gasteiger partial charge < -0.3 is 5.73 Å². The molecule has 7 nitrogen and oxygen atoms in total. The van der Waals surface area contributed by atoms with E-state index in [1.54, 1.807) is 0 Å². The van der Waals surface area contributed by atoms with Gasteiger partial charge in [-0.05, 0) is 35.9 Å². The van der Waals surface area contributed by atoms with Gasteiger partial charge in [-0.1, -0.05) is 12.1 Å². The molecule has 0 aliphatic heterocycles. The molecular weight excluding hydrogens is 318 g/mol. The number of anilines is 1. The van der Waals surface area contributed by atoms with Crippen molar-refractivity contribution in [1.29, 1.82) is 0 Å². The lowest BCUT2D eigenvalue weighted by Crippen LogP contribution is -2.02. The fraction of sp³-hybridized carbons (Fsp3) is 0. The van der Waals surface area contributed by atoms with E-state index in [1.165, 1.54) is 24.3 Å². The third kappa shape index (κ3) is 3.39. The molecule has 0 fully saturated rings. The van der Waals surface area contributed by atoms with Crippen LogP contribution in [0.3, 0.4) is 0 Å². The van der Waals surface area contributed by atoms with Gasteiger partial charge in [0.2, 0.25) is 0 Å². The predicted octanol–water partition coefficient (Wildman–Crippen LogP) is 1.43. The Kier molecular flexibility index (Phi) is 3.76. The van der Waals surface area contributed by atoms with Gasteiger partial charge in [-0.3, -0.25) is 9.11 Å². The number of nitrogens with two attached hydrogens (primary N) is 1. The van der Waals surface area contributed by atoms with Crippen LogP contribution in [0.4, 0.5) is 5.69 Å². The van der Waals surface area contributed by atoms with Crippen LogP contribution in [0.15, 0.2) is 52.3 Å². The van der Waals surface area contributed by atoms with Crippen molar-refractivity contribution in [2.75, 3.05) is 5.73 Å². The lowest BCUT2D eigenvalue weighted by atomic mass is 10.1. The zero-order chi connectivity index (χ0) is 15.8. The molecule has 0 unspecified atom stereocenters. The lowest BCUT2D eigenvalue weighted by molar-refractivity contribution is 0.481. The summed E-state index contributed by atoms with van der Waals surface area (Å²) in [7, 11) is -8.80. The second-order valence-corrected chi connectivity index (χ2v) is 7.04. The molecule has 0 aromatic heterocycles. The van der Waals surface area contributed by atoms with E-state index >= 15 is 0 Å². The second-order valence-electron chi connectivity index (χ2n) is 4.23. The van der Waals surface area contributed by atoms with E-state index in [-0.39, 0.29) is 21.0 Å². The van der Waals surface area contributed by atoms with Crippen LogP contribution in [-0.4, -0.2) is 25.9 Å². The SMILES string of the molecule is Nc1ccc(S(=O)(=O)O)c(-c2ccc(S(=O)(=O)O)cc2)c1. The van der Waals surface area contributed by atoms with Crippen LogP contribution in [-0.2, 0) is 20.2 Å². The van der Waals surface area contributed by atoms with E-state index in [2.05, 4.69) is 0 Å². The number of nitrogen functional groups attached to an aromatic ring is 1. The Morgan fingerprint density at radius 1 is 0.810 bits per heavy atom. The van der Waals surface area contributed by atoms with Crippen molar-refractivity contribution in [2.45, 2.75) is 9.79 Å². The van der Waals surface area contributed by atoms with Crippen LogP contribution in [0, 0.1) is 0 Å². The molecule has 2 aromatic rings. The molecule has 0 aliphatic rings. The largest absolute Gasteiger partial charge is 0.399 e. The Bertz CT molecular complexity index is 886. The van der Waals surface area contributed by atoms with E-state index in [9.17, 15) is 21.4 Å². The van der Waals surface area contributed by atoms with E-state index in [1.807, 2.05) is 0 Å². The number of hydrogen-bond donors (Lipinski definition) is 3. The Balaban J connectivity index is 2.65. The molecular formula is C12H11NO6S2. The summed E-state index contributed by atoms with van der Waals surface area (Å²) >= 11 is 0. The molecule has 21 heavy (non-hydrogen) atoms. The smallest absolute Gasteiger partial charge is 0.295 e. The summed E-state index contributed by atoms with van der Waals surface area (Å²) in [6.07, 6.45) is 0. The zero-order valence-corrected chi connectivity index (χ0v) is 12.1. The molecule has 0 saturated heterocycles. The zero-order valence-electron chi connectivity index (χ0n) is 10.5. The van der Waals surface area contributed by atoms with Gasteiger partial charge in [-0.15, -0.1) is 0 Å². The Hall–Kier alpha value is -1.94. The highest BCUT2D eigenvalue weighted by molar-refractivity contribution is 7.86. The molecule has 9 heteroatoms. The molecule has 2 aromatic carbocycles. The van der Waals surface area contributed by atoms with Crippen molar-refractivity contribution < 1.29 is 25.9 Å². The second kappa shape index (κ2) is 5.11. The van der Waals surface area contributed by atoms with E-state index in [0.717, 1.165) is 18.2 Å². The molecule has 0 spiro atoms. The van der Waals surface area contributed by atoms with Gasteiger partial charge in [0.25, 0.3) is 20.2 Å². The predicted molar refractivity (Wildman–Crippen MR) is 75.9 cm³/mol. The highest BCUT2D eigenvalue weighted by Crippen LogP contribution is 2.30. The quantitative estimate of drug-likeness (QED) is 0.572. The Labute approximate surface area is 121 Å². The summed E-state index contributed by atoms with van der Waals surface area (Å²) in [4.78, 5) is -0.681. The van der Waals surface area contributed by atoms with Gasteiger partial charge in [0.1, 0.15) is 4.90 Å². The van der Waals surface area contributed by atoms with Crippen LogP contribution >= 0.6 is 0 Å². The molecule has 4 N–H and O–H groups in total. The van der Waals surface area contributed by atoms with Gasteiger partial charge in [0.05, 0.1) is 4.90 Å². The first-order chi connectivity index (χ1) is 9.59. The van der Waals surface area contributed by atoms with Gasteiger partial charge in [-0.25, -0.2) is 0 Å². The minimum Gasteiger partial charge on any atom is -0.399 e. The van der Waals surface area contributed by atoms with Gasteiger partial charge in [0.15, 0.2) is 0 Å². The topological polar surface area (TPSA) is 135 Å². The van der Waals surface area contributed by atoms with Crippen molar-refractivity contribution in [2.24, 2.45) is 0 Å². The van der Waals surface area contributed by atoms with Crippen LogP contribution in [0.2, 0.25) is 0 Å².